The zero-order chi connectivity index (χ0) is 23.5. The number of thiophene rings is 1. The highest BCUT2D eigenvalue weighted by atomic mass is 32.2. The number of benzene rings is 1. The first kappa shape index (κ1) is 22.6. The zero-order valence-corrected chi connectivity index (χ0v) is 19.7. The number of hydrogen-bond donors (Lipinski definition) is 1. The molecule has 0 atom stereocenters. The average Bonchev–Trinajstić information content (AvgIpc) is 3.53. The maximum absolute atomic E-state index is 12.4. The van der Waals surface area contributed by atoms with E-state index < -0.39 is 11.9 Å². The van der Waals surface area contributed by atoms with Gasteiger partial charge < -0.3 is 19.6 Å². The second-order valence-corrected chi connectivity index (χ2v) is 8.78. The van der Waals surface area contributed by atoms with Gasteiger partial charge in [-0.3, -0.25) is 4.57 Å². The van der Waals surface area contributed by atoms with Gasteiger partial charge in [-0.25, -0.2) is 9.59 Å². The number of rotatable bonds is 7. The van der Waals surface area contributed by atoms with Gasteiger partial charge in [-0.2, -0.15) is 0 Å². The molecule has 0 aliphatic carbocycles. The Morgan fingerprint density at radius 3 is 2.48 bits per heavy atom. The van der Waals surface area contributed by atoms with Crippen molar-refractivity contribution in [3.05, 3.63) is 64.4 Å². The Labute approximate surface area is 197 Å². The minimum Gasteiger partial charge on any atom is -0.469 e. The molecule has 0 bridgehead atoms. The molecule has 0 aliphatic rings. The molecule has 2 N–H and O–H groups in total. The van der Waals surface area contributed by atoms with Gasteiger partial charge in [0.25, 0.3) is 0 Å². The van der Waals surface area contributed by atoms with Gasteiger partial charge in [-0.05, 0) is 25.1 Å². The molecule has 3 heterocycles. The van der Waals surface area contributed by atoms with Crippen LogP contribution in [-0.4, -0.2) is 40.9 Å². The number of hydrogen-bond acceptors (Lipinski definition) is 10. The van der Waals surface area contributed by atoms with Crippen LogP contribution in [-0.2, 0) is 15.2 Å². The number of ether oxygens (including phenoxy) is 2. The van der Waals surface area contributed by atoms with Crippen molar-refractivity contribution in [2.45, 2.75) is 17.8 Å². The molecule has 0 fully saturated rings. The number of nitrogens with two attached hydrogens (primary N) is 1. The van der Waals surface area contributed by atoms with E-state index in [2.05, 4.69) is 10.2 Å². The highest BCUT2D eigenvalue weighted by Crippen LogP contribution is 2.37. The number of aromatic nitrogens is 3. The van der Waals surface area contributed by atoms with Crippen molar-refractivity contribution in [1.29, 1.82) is 0 Å². The van der Waals surface area contributed by atoms with E-state index in [1.807, 2.05) is 47.9 Å². The largest absolute Gasteiger partial charge is 0.469 e. The number of methoxy groups -OCH3 is 2. The van der Waals surface area contributed by atoms with Gasteiger partial charge in [0.05, 0.1) is 31.6 Å². The first-order valence-electron chi connectivity index (χ1n) is 9.72. The maximum atomic E-state index is 12.4. The van der Waals surface area contributed by atoms with Gasteiger partial charge in [0, 0.05) is 17.0 Å². The number of para-hydroxylation sites is 1. The van der Waals surface area contributed by atoms with E-state index in [-0.39, 0.29) is 21.2 Å². The fourth-order valence-corrected chi connectivity index (χ4v) is 5.37. The summed E-state index contributed by atoms with van der Waals surface area (Å²) in [5.74, 6) is 0.354. The SMILES string of the molecule is COC(=O)c1sc(N)c(C(=O)OC)c1CSc1nnc(-c2ccoc2C)n1-c1ccccc1. The molecule has 0 amide bonds. The number of esters is 2. The Balaban J connectivity index is 1.78. The molecule has 0 saturated carbocycles. The predicted molar refractivity (Wildman–Crippen MR) is 125 cm³/mol. The molecular formula is C22H20N4O5S2. The normalized spacial score (nSPS) is 10.9. The summed E-state index contributed by atoms with van der Waals surface area (Å²) in [6.45, 7) is 1.85. The Hall–Kier alpha value is -3.57. The second kappa shape index (κ2) is 9.51. The quantitative estimate of drug-likeness (QED) is 0.301. The molecule has 11 heteroatoms. The first-order valence-corrected chi connectivity index (χ1v) is 11.5. The van der Waals surface area contributed by atoms with Crippen LogP contribution in [0.1, 0.15) is 31.4 Å². The Bertz CT molecular complexity index is 1310. The van der Waals surface area contributed by atoms with Crippen molar-refractivity contribution in [2.24, 2.45) is 0 Å². The second-order valence-electron chi connectivity index (χ2n) is 6.79. The van der Waals surface area contributed by atoms with Crippen molar-refractivity contribution in [1.82, 2.24) is 14.8 Å². The Morgan fingerprint density at radius 2 is 1.85 bits per heavy atom. The van der Waals surface area contributed by atoms with Crippen LogP contribution < -0.4 is 5.73 Å². The van der Waals surface area contributed by atoms with Crippen molar-refractivity contribution >= 4 is 40.0 Å². The zero-order valence-electron chi connectivity index (χ0n) is 18.0. The fourth-order valence-electron chi connectivity index (χ4n) is 3.31. The summed E-state index contributed by atoms with van der Waals surface area (Å²) in [5.41, 5.74) is 8.30. The number of anilines is 1. The van der Waals surface area contributed by atoms with Gasteiger partial charge in [-0.15, -0.1) is 21.5 Å². The predicted octanol–water partition coefficient (Wildman–Crippen LogP) is 4.34. The molecule has 3 aromatic heterocycles. The van der Waals surface area contributed by atoms with Gasteiger partial charge in [0.1, 0.15) is 15.6 Å². The maximum Gasteiger partial charge on any atom is 0.348 e. The summed E-state index contributed by atoms with van der Waals surface area (Å²) in [5, 5.41) is 9.52. The van der Waals surface area contributed by atoms with Crippen LogP contribution in [0.2, 0.25) is 0 Å². The summed E-state index contributed by atoms with van der Waals surface area (Å²) in [4.78, 5) is 25.0. The van der Waals surface area contributed by atoms with Crippen molar-refractivity contribution < 1.29 is 23.5 Å². The molecule has 0 unspecified atom stereocenters. The lowest BCUT2D eigenvalue weighted by Crippen LogP contribution is -2.09. The van der Waals surface area contributed by atoms with Gasteiger partial charge in [0.15, 0.2) is 11.0 Å². The lowest BCUT2D eigenvalue weighted by atomic mass is 10.1. The summed E-state index contributed by atoms with van der Waals surface area (Å²) in [6, 6.07) is 11.5. The fraction of sp³-hybridized carbons (Fsp3) is 0.182. The average molecular weight is 485 g/mol. The standard InChI is InChI=1S/C22H20N4O5S2/c1-12-14(9-10-31-12)19-24-25-22(26(19)13-7-5-4-6-8-13)32-11-15-16(20(27)29-2)18(23)33-17(15)21(28)30-3/h4-10H,11,23H2,1-3H3. The molecule has 170 valence electrons. The first-order chi connectivity index (χ1) is 16.0. The van der Waals surface area contributed by atoms with Crippen molar-refractivity contribution in [3.63, 3.8) is 0 Å². The van der Waals surface area contributed by atoms with Gasteiger partial charge >= 0.3 is 11.9 Å². The van der Waals surface area contributed by atoms with E-state index >= 15 is 0 Å². The number of nitrogens with zero attached hydrogens (tertiary/aromatic N) is 3. The number of aryl methyl sites for hydroxylation is 1. The lowest BCUT2D eigenvalue weighted by Gasteiger charge is -2.10. The van der Waals surface area contributed by atoms with Gasteiger partial charge in [-0.1, -0.05) is 30.0 Å². The number of nitrogen functional groups attached to an aromatic ring is 1. The third kappa shape index (κ3) is 4.24. The molecular weight excluding hydrogens is 464 g/mol. The smallest absolute Gasteiger partial charge is 0.348 e. The third-order valence-corrected chi connectivity index (χ3v) is 6.88. The molecule has 0 aliphatic heterocycles. The minimum atomic E-state index is -0.617. The molecule has 0 spiro atoms. The molecule has 1 aromatic carbocycles. The molecule has 4 aromatic rings. The molecule has 0 saturated heterocycles. The van der Waals surface area contributed by atoms with E-state index in [1.54, 1.807) is 6.26 Å². The van der Waals surface area contributed by atoms with Crippen LogP contribution in [0.15, 0.2) is 52.2 Å². The molecule has 33 heavy (non-hydrogen) atoms. The summed E-state index contributed by atoms with van der Waals surface area (Å²) in [6.07, 6.45) is 1.60. The number of carbonyl (C=O) groups is 2. The summed E-state index contributed by atoms with van der Waals surface area (Å²) in [7, 11) is 2.54. The summed E-state index contributed by atoms with van der Waals surface area (Å²) >= 11 is 2.30. The highest BCUT2D eigenvalue weighted by Gasteiger charge is 2.28. The number of furan rings is 1. The van der Waals surface area contributed by atoms with Crippen LogP contribution in [0.3, 0.4) is 0 Å². The van der Waals surface area contributed by atoms with Crippen LogP contribution in [0.4, 0.5) is 5.00 Å². The van der Waals surface area contributed by atoms with E-state index in [4.69, 9.17) is 19.6 Å². The highest BCUT2D eigenvalue weighted by molar-refractivity contribution is 7.98. The Morgan fingerprint density at radius 1 is 1.12 bits per heavy atom. The number of carbonyl (C=O) groups excluding carboxylic acids is 2. The van der Waals surface area contributed by atoms with E-state index in [1.165, 1.54) is 26.0 Å². The van der Waals surface area contributed by atoms with Gasteiger partial charge in [0.2, 0.25) is 0 Å². The van der Waals surface area contributed by atoms with Crippen molar-refractivity contribution in [3.8, 4) is 17.1 Å². The Kier molecular flexibility index (Phi) is 6.52. The summed E-state index contributed by atoms with van der Waals surface area (Å²) < 4.78 is 17.1. The number of thioether (sulfide) groups is 1. The minimum absolute atomic E-state index is 0.159. The van der Waals surface area contributed by atoms with Crippen LogP contribution >= 0.6 is 23.1 Å². The van der Waals surface area contributed by atoms with Crippen LogP contribution in [0, 0.1) is 6.92 Å². The van der Waals surface area contributed by atoms with Crippen LogP contribution in [0.5, 0.6) is 0 Å². The van der Waals surface area contributed by atoms with Crippen molar-refractivity contribution in [2.75, 3.05) is 20.0 Å². The lowest BCUT2D eigenvalue weighted by molar-refractivity contribution is 0.0601. The molecule has 4 rings (SSSR count). The third-order valence-electron chi connectivity index (χ3n) is 4.89. The van der Waals surface area contributed by atoms with Crippen LogP contribution in [0.25, 0.3) is 17.1 Å². The molecule has 9 nitrogen and oxygen atoms in total. The van der Waals surface area contributed by atoms with E-state index in [9.17, 15) is 9.59 Å². The monoisotopic (exact) mass is 484 g/mol. The van der Waals surface area contributed by atoms with E-state index in [0.29, 0.717) is 22.3 Å². The topological polar surface area (TPSA) is 122 Å². The van der Waals surface area contributed by atoms with E-state index in [0.717, 1.165) is 22.6 Å². The molecule has 0 radical (unpaired) electrons.